The molecule has 0 spiro atoms. The first-order valence-electron chi connectivity index (χ1n) is 44.2. The molecular weight excluding hydrogens is 1610 g/mol. The first-order valence-corrected chi connectivity index (χ1v) is 44.2. The van der Waals surface area contributed by atoms with E-state index in [-0.39, 0.29) is 52.7 Å². The van der Waals surface area contributed by atoms with Crippen molar-refractivity contribution in [3.8, 4) is 11.5 Å². The van der Waals surface area contributed by atoms with E-state index in [9.17, 15) is 56.1 Å². The molecule has 0 aliphatic carbocycles. The van der Waals surface area contributed by atoms with Crippen LogP contribution in [0.1, 0.15) is 296 Å². The van der Waals surface area contributed by atoms with Crippen LogP contribution in [0, 0.1) is 36.0 Å². The van der Waals surface area contributed by atoms with Gasteiger partial charge in [0.25, 0.3) is 0 Å². The minimum Gasteiger partial charge on any atom is -0.508 e. The summed E-state index contributed by atoms with van der Waals surface area (Å²) in [6.45, 7) is 33.6. The van der Waals surface area contributed by atoms with E-state index in [4.69, 9.17) is 23.7 Å². The van der Waals surface area contributed by atoms with E-state index in [1.807, 2.05) is 68.5 Å². The number of aryl methyl sites for hydroxylation is 1. The Hall–Kier alpha value is -11.7. The molecule has 0 saturated carbocycles. The number of fused-ring (bicyclic) bond motifs is 1. The zero-order chi connectivity index (χ0) is 92.8. The Bertz CT molecular complexity index is 5280. The molecular formula is C110H129F5O12. The van der Waals surface area contributed by atoms with Crippen molar-refractivity contribution in [2.75, 3.05) is 0 Å². The van der Waals surface area contributed by atoms with Crippen LogP contribution in [-0.2, 0) is 47.7 Å². The predicted octanol–water partition coefficient (Wildman–Crippen LogP) is 30.0. The van der Waals surface area contributed by atoms with Gasteiger partial charge < -0.3 is 33.9 Å². The third kappa shape index (κ3) is 35.2. The van der Waals surface area contributed by atoms with Crippen LogP contribution >= 0.6 is 0 Å². The number of hydrogen-bond acceptors (Lipinski definition) is 12. The highest BCUT2D eigenvalue weighted by Gasteiger charge is 2.33. The van der Waals surface area contributed by atoms with Crippen molar-refractivity contribution >= 4 is 40.6 Å². The first kappa shape index (κ1) is 102. The van der Waals surface area contributed by atoms with Crippen LogP contribution in [0.15, 0.2) is 290 Å². The number of carbonyl (C=O) groups is 5. The summed E-state index contributed by atoms with van der Waals surface area (Å²) in [4.78, 5) is 60.2. The molecule has 12 nitrogen and oxygen atoms in total. The number of allylic oxidation sites excluding steroid dienone is 20. The molecule has 17 heteroatoms. The van der Waals surface area contributed by atoms with Gasteiger partial charge in [-0.25, -0.2) is 45.9 Å². The van der Waals surface area contributed by atoms with Crippen molar-refractivity contribution in [3.63, 3.8) is 0 Å². The van der Waals surface area contributed by atoms with E-state index in [1.165, 1.54) is 96.8 Å². The fraction of sp³-hybridized carbons (Fsp3) is 0.373. The number of carbonyl (C=O) groups excluding carboxylic acids is 5. The number of hydrogen-bond donors (Lipinski definition) is 2. The van der Waals surface area contributed by atoms with E-state index >= 15 is 0 Å². The van der Waals surface area contributed by atoms with Crippen LogP contribution < -0.4 is 0 Å². The maximum Gasteiger partial charge on any atom is 0.334 e. The fourth-order valence-electron chi connectivity index (χ4n) is 14.5. The minimum atomic E-state index is -1.53. The molecule has 0 aromatic heterocycles. The quantitative estimate of drug-likeness (QED) is 0.00965. The van der Waals surface area contributed by atoms with Crippen molar-refractivity contribution in [2.24, 2.45) is 0 Å². The molecule has 0 amide bonds. The van der Waals surface area contributed by atoms with E-state index < -0.39 is 59.3 Å². The van der Waals surface area contributed by atoms with Gasteiger partial charge in [-0.3, -0.25) is 0 Å². The Morgan fingerprint density at radius 2 is 0.630 bits per heavy atom. The number of halogens is 5. The van der Waals surface area contributed by atoms with Gasteiger partial charge in [0, 0.05) is 39.0 Å². The van der Waals surface area contributed by atoms with Crippen molar-refractivity contribution in [3.05, 3.63) is 352 Å². The average molecular weight is 1740 g/mol. The zero-order valence-corrected chi connectivity index (χ0v) is 77.0. The Kier molecular flexibility index (Phi) is 42.2. The fourth-order valence-corrected chi connectivity index (χ4v) is 14.5. The molecule has 676 valence electrons. The van der Waals surface area contributed by atoms with Crippen LogP contribution in [-0.4, -0.2) is 40.1 Å². The number of aromatic hydroxyl groups is 2. The highest BCUT2D eigenvalue weighted by Crippen LogP contribution is 2.40. The molecule has 5 atom stereocenters. The molecule has 2 N–H and O–H groups in total. The second kappa shape index (κ2) is 52.4. The predicted molar refractivity (Wildman–Crippen MR) is 500 cm³/mol. The Morgan fingerprint density at radius 1 is 0.307 bits per heavy atom. The number of ether oxygens (including phenoxy) is 5. The van der Waals surface area contributed by atoms with Gasteiger partial charge >= 0.3 is 29.8 Å². The number of cyclic esters (lactones) is 5. The minimum absolute atomic E-state index is 0.00288. The second-order valence-corrected chi connectivity index (χ2v) is 34.3. The smallest absolute Gasteiger partial charge is 0.334 e. The van der Waals surface area contributed by atoms with Crippen molar-refractivity contribution in [2.45, 2.75) is 270 Å². The van der Waals surface area contributed by atoms with Gasteiger partial charge in [0.15, 0.2) is 23.6 Å². The highest BCUT2D eigenvalue weighted by molar-refractivity contribution is 5.94. The second-order valence-electron chi connectivity index (χ2n) is 34.3. The lowest BCUT2D eigenvalue weighted by atomic mass is 10.0. The summed E-state index contributed by atoms with van der Waals surface area (Å²) >= 11 is 0. The molecule has 0 unspecified atom stereocenters. The van der Waals surface area contributed by atoms with Crippen LogP contribution in [0.3, 0.4) is 0 Å². The highest BCUT2D eigenvalue weighted by atomic mass is 19.2. The summed E-state index contributed by atoms with van der Waals surface area (Å²) < 4.78 is 94.1. The molecule has 0 bridgehead atoms. The lowest BCUT2D eigenvalue weighted by molar-refractivity contribution is -0.141. The number of benzene rings is 6. The number of phenols is 2. The summed E-state index contributed by atoms with van der Waals surface area (Å²) in [7, 11) is 0. The summed E-state index contributed by atoms with van der Waals surface area (Å²) in [6.07, 6.45) is 45.1. The molecule has 6 aromatic carbocycles. The molecule has 11 rings (SSSR count). The summed E-state index contributed by atoms with van der Waals surface area (Å²) in [5.74, 6) is -7.21. The third-order valence-electron chi connectivity index (χ3n) is 21.8. The molecule has 5 heterocycles. The zero-order valence-electron chi connectivity index (χ0n) is 77.0. The Labute approximate surface area is 750 Å². The van der Waals surface area contributed by atoms with Gasteiger partial charge in [-0.15, -0.1) is 0 Å². The number of rotatable bonds is 35. The van der Waals surface area contributed by atoms with E-state index in [0.29, 0.717) is 54.4 Å². The van der Waals surface area contributed by atoms with Gasteiger partial charge in [-0.05, 0) is 346 Å². The molecule has 0 radical (unpaired) electrons. The maximum absolute atomic E-state index is 13.8. The largest absolute Gasteiger partial charge is 0.508 e. The van der Waals surface area contributed by atoms with Gasteiger partial charge in [0.1, 0.15) is 47.5 Å². The van der Waals surface area contributed by atoms with Crippen molar-refractivity contribution in [1.29, 1.82) is 0 Å². The lowest BCUT2D eigenvalue weighted by Gasteiger charge is -2.10. The van der Waals surface area contributed by atoms with Crippen molar-refractivity contribution in [1.82, 2.24) is 0 Å². The van der Waals surface area contributed by atoms with Crippen LogP contribution in [0.5, 0.6) is 11.5 Å². The molecule has 6 aromatic rings. The summed E-state index contributed by atoms with van der Waals surface area (Å²) in [5, 5.41) is 21.8. The number of esters is 5. The standard InChI is InChI=1S/C25H28O2.C22H28O2.C21H23F3O2.C21H24F2O2.C21H26O4/c1-18(2)8-6-9-19(3)10-7-13-23-17-24(27-25(23)26)22-15-14-20-11-4-5-12-21(20)16-22;1-16(2)9-7-10-17(3)11-8-13-19-15-21(24-22(19)23)20-14-6-5-12-18(20)4;1-13(2)6-4-7-14(3)8-5-9-15-12-19(26-21(15)25)16-10-17(22)20(24)18(23)11-16;1-14(2)7-4-8-15(3)9-5-10-16-13-19(25-21(16)24)20-17(22)11-6-12-18(20)23;1-14(2)6-4-7-15(3)8-5-9-16-12-20(25-21(16)24)18-13-17(22)10-11-19(18)23/h4-5,8,10-12,14-17,24H,6-7,9,13H2,1-3H3;5-6,9,11-12,14-15,21H,7-8,10,13H2,1-4H3;6,8,10-12,19H,4-5,7,9H2,1-3H3;6-7,9,11-13,19H,4-5,8,10H2,1-3H3;6,8,10-13,20,22-23H,4-5,7,9H2,1-3H3/b19-10+;17-11+;14-8+;15-9+;15-8+/t24-;21-;2*19-;20-/m00111/s1. The Balaban J connectivity index is 0.000000218. The van der Waals surface area contributed by atoms with E-state index in [0.717, 1.165) is 148 Å². The van der Waals surface area contributed by atoms with Crippen LogP contribution in [0.2, 0.25) is 0 Å². The van der Waals surface area contributed by atoms with Crippen LogP contribution in [0.25, 0.3) is 10.8 Å². The van der Waals surface area contributed by atoms with Gasteiger partial charge in [0.05, 0.1) is 5.56 Å². The van der Waals surface area contributed by atoms with Gasteiger partial charge in [-0.2, -0.15) is 0 Å². The molecule has 127 heavy (non-hydrogen) atoms. The summed E-state index contributed by atoms with van der Waals surface area (Å²) in [6, 6.07) is 32.1. The van der Waals surface area contributed by atoms with Crippen LogP contribution in [0.4, 0.5) is 22.0 Å². The SMILES string of the molecule is CC(C)=CCC/C(C)=C/CCC1=C[C@@H](c2ccc3ccccc3c2)OC1=O.CC(C)=CCC/C(C)=C/CCC1=C[C@@H](c2ccccc2C)OC1=O.CC(C)=CCC/C(C)=C/CCC1=C[C@H](c2c(F)cccc2F)OC1=O.CC(C)=CCC/C(C)=C/CCC1=C[C@H](c2cc(F)c(F)c(F)c2)OC1=O.CC(C)=CCC/C(C)=C/CCC1=C[C@H](c2cc(O)ccc2O)OC1=O. The maximum atomic E-state index is 13.8. The van der Waals surface area contributed by atoms with E-state index in [2.05, 4.69) is 182 Å². The monoisotopic (exact) mass is 1740 g/mol. The molecule has 5 aliphatic rings. The lowest BCUT2D eigenvalue weighted by Crippen LogP contribution is -2.06. The number of phenolic OH excluding ortho intramolecular Hbond substituents is 2. The third-order valence-corrected chi connectivity index (χ3v) is 21.8. The van der Waals surface area contributed by atoms with Gasteiger partial charge in [-0.1, -0.05) is 183 Å². The Morgan fingerprint density at radius 3 is 1.01 bits per heavy atom. The van der Waals surface area contributed by atoms with E-state index in [1.54, 1.807) is 12.2 Å². The topological polar surface area (TPSA) is 172 Å². The van der Waals surface area contributed by atoms with Gasteiger partial charge in [0.2, 0.25) is 0 Å². The molecule has 0 saturated heterocycles. The average Bonchev–Trinajstić information content (AvgIpc) is 1.71. The normalized spacial score (nSPS) is 17.2. The first-order chi connectivity index (χ1) is 60.5. The van der Waals surface area contributed by atoms with Crippen molar-refractivity contribution < 1.29 is 79.8 Å². The molecule has 0 fully saturated rings. The molecule has 5 aliphatic heterocycles. The summed E-state index contributed by atoms with van der Waals surface area (Å²) in [5.41, 5.74) is 19.9.